The largest absolute Gasteiger partial charge is 0.467 e. The van der Waals surface area contributed by atoms with Crippen LogP contribution < -0.4 is 10.2 Å². The summed E-state index contributed by atoms with van der Waals surface area (Å²) in [7, 11) is 0. The number of imide groups is 1. The van der Waals surface area contributed by atoms with Crippen LogP contribution in [-0.2, 0) is 16.1 Å². The monoisotopic (exact) mass is 388 g/mol. The molecule has 3 amide bonds. The highest BCUT2D eigenvalue weighted by Crippen LogP contribution is 2.65. The molecular formula is C23H20N2O4. The number of benzene rings is 1. The molecule has 6 atom stereocenters. The normalized spacial score (nSPS) is 33.6. The fourth-order valence-electron chi connectivity index (χ4n) is 5.68. The maximum absolute atomic E-state index is 13.2. The third-order valence-electron chi connectivity index (χ3n) is 7.03. The molecule has 7 rings (SSSR count). The third-order valence-corrected chi connectivity index (χ3v) is 7.03. The molecule has 1 saturated heterocycles. The first-order chi connectivity index (χ1) is 14.1. The highest BCUT2D eigenvalue weighted by atomic mass is 16.3. The number of carbonyl (C=O) groups excluding carboxylic acids is 3. The van der Waals surface area contributed by atoms with Gasteiger partial charge in [0, 0.05) is 5.56 Å². The molecule has 1 N–H and O–H groups in total. The molecule has 5 aliphatic rings. The number of amides is 3. The zero-order valence-electron chi connectivity index (χ0n) is 15.7. The number of rotatable bonds is 4. The van der Waals surface area contributed by atoms with Gasteiger partial charge in [0.2, 0.25) is 11.8 Å². The molecule has 2 saturated carbocycles. The number of furan rings is 1. The molecular weight excluding hydrogens is 368 g/mol. The van der Waals surface area contributed by atoms with E-state index >= 15 is 0 Å². The second-order valence-corrected chi connectivity index (χ2v) is 8.48. The van der Waals surface area contributed by atoms with Gasteiger partial charge in [-0.25, -0.2) is 4.90 Å². The van der Waals surface area contributed by atoms with Gasteiger partial charge in [0.05, 0.1) is 30.3 Å². The summed E-state index contributed by atoms with van der Waals surface area (Å²) in [6.45, 7) is 0.277. The van der Waals surface area contributed by atoms with E-state index in [0.29, 0.717) is 28.8 Å². The Morgan fingerprint density at radius 3 is 2.41 bits per heavy atom. The smallest absolute Gasteiger partial charge is 0.251 e. The van der Waals surface area contributed by atoms with E-state index in [1.807, 2.05) is 0 Å². The van der Waals surface area contributed by atoms with Crippen molar-refractivity contribution in [2.75, 3.05) is 4.90 Å². The Morgan fingerprint density at radius 2 is 1.76 bits per heavy atom. The lowest BCUT2D eigenvalue weighted by molar-refractivity contribution is -0.124. The van der Waals surface area contributed by atoms with Crippen LogP contribution in [0.1, 0.15) is 22.5 Å². The van der Waals surface area contributed by atoms with Gasteiger partial charge in [-0.2, -0.15) is 0 Å². The molecule has 2 aromatic rings. The van der Waals surface area contributed by atoms with E-state index < -0.39 is 0 Å². The number of hydrogen-bond acceptors (Lipinski definition) is 4. The summed E-state index contributed by atoms with van der Waals surface area (Å²) in [5.41, 5.74) is 0.890. The lowest BCUT2D eigenvalue weighted by Crippen LogP contribution is -2.40. The molecule has 2 heterocycles. The Kier molecular flexibility index (Phi) is 3.43. The highest BCUT2D eigenvalue weighted by Gasteiger charge is 2.67. The number of nitrogens with one attached hydrogen (secondary N) is 1. The van der Waals surface area contributed by atoms with E-state index in [9.17, 15) is 14.4 Å². The average Bonchev–Trinajstić information content (AvgIpc) is 3.33. The summed E-state index contributed by atoms with van der Waals surface area (Å²) < 4.78 is 5.23. The molecule has 6 heteroatoms. The fraction of sp³-hybridized carbons (Fsp3) is 0.348. The summed E-state index contributed by atoms with van der Waals surface area (Å²) in [4.78, 5) is 40.3. The van der Waals surface area contributed by atoms with Crippen LogP contribution in [-0.4, -0.2) is 17.7 Å². The second-order valence-electron chi connectivity index (χ2n) is 8.48. The van der Waals surface area contributed by atoms with Crippen molar-refractivity contribution in [3.05, 3.63) is 66.1 Å². The van der Waals surface area contributed by atoms with E-state index in [0.717, 1.165) is 6.42 Å². The van der Waals surface area contributed by atoms with Gasteiger partial charge in [-0.3, -0.25) is 14.4 Å². The van der Waals surface area contributed by atoms with Crippen LogP contribution in [0.25, 0.3) is 0 Å². The van der Waals surface area contributed by atoms with Gasteiger partial charge in [-0.1, -0.05) is 18.2 Å². The zero-order valence-corrected chi connectivity index (χ0v) is 15.7. The van der Waals surface area contributed by atoms with Gasteiger partial charge in [0.15, 0.2) is 0 Å². The number of allylic oxidation sites excluding steroid dienone is 2. The predicted octanol–water partition coefficient (Wildman–Crippen LogP) is 2.77. The van der Waals surface area contributed by atoms with Gasteiger partial charge in [0.1, 0.15) is 5.76 Å². The summed E-state index contributed by atoms with van der Waals surface area (Å²) >= 11 is 0. The second kappa shape index (κ2) is 5.92. The lowest BCUT2D eigenvalue weighted by atomic mass is 9.63. The van der Waals surface area contributed by atoms with Crippen LogP contribution in [0.3, 0.4) is 0 Å². The van der Waals surface area contributed by atoms with E-state index in [2.05, 4.69) is 17.5 Å². The lowest BCUT2D eigenvalue weighted by Gasteiger charge is -2.37. The number of anilines is 1. The molecule has 1 aromatic carbocycles. The molecule has 0 spiro atoms. The number of hydrogen-bond donors (Lipinski definition) is 1. The van der Waals surface area contributed by atoms with Gasteiger partial charge in [-0.05, 0) is 60.4 Å². The number of carbonyl (C=O) groups is 3. The van der Waals surface area contributed by atoms with Crippen LogP contribution >= 0.6 is 0 Å². The molecule has 0 unspecified atom stereocenters. The van der Waals surface area contributed by atoms with Crippen molar-refractivity contribution in [1.29, 1.82) is 0 Å². The fourth-order valence-corrected chi connectivity index (χ4v) is 5.68. The first-order valence-electron chi connectivity index (χ1n) is 10.1. The first-order valence-corrected chi connectivity index (χ1v) is 10.1. The average molecular weight is 388 g/mol. The Bertz CT molecular complexity index is 1020. The standard InChI is InChI=1S/C23H20N2O4/c26-21(24-11-14-5-2-8-29-14)12-3-1-4-13(9-12)25-22(27)19-15-6-7-16(18-10-17(15)18)20(19)23(25)28/h1-9,15-20H,10-11H2,(H,24,26)/t15-,16+,17-,18-,19+,20+/m1/s1. The van der Waals surface area contributed by atoms with Gasteiger partial charge in [0.25, 0.3) is 5.91 Å². The summed E-state index contributed by atoms with van der Waals surface area (Å²) in [6.07, 6.45) is 7.01. The Hall–Kier alpha value is -3.15. The minimum Gasteiger partial charge on any atom is -0.467 e. The zero-order chi connectivity index (χ0) is 19.7. The maximum atomic E-state index is 13.2. The predicted molar refractivity (Wildman–Crippen MR) is 104 cm³/mol. The Morgan fingerprint density at radius 1 is 1.03 bits per heavy atom. The third kappa shape index (κ3) is 2.38. The van der Waals surface area contributed by atoms with Crippen molar-refractivity contribution in [2.24, 2.45) is 35.5 Å². The van der Waals surface area contributed by atoms with Crippen LogP contribution in [0, 0.1) is 35.5 Å². The summed E-state index contributed by atoms with van der Waals surface area (Å²) in [5, 5.41) is 2.80. The summed E-state index contributed by atoms with van der Waals surface area (Å²) in [6, 6.07) is 10.3. The molecule has 1 aromatic heterocycles. The van der Waals surface area contributed by atoms with Crippen molar-refractivity contribution < 1.29 is 18.8 Å². The molecule has 146 valence electrons. The molecule has 0 radical (unpaired) electrons. The molecule has 4 aliphatic carbocycles. The van der Waals surface area contributed by atoms with Crippen molar-refractivity contribution >= 4 is 23.4 Å². The molecule has 1 aliphatic heterocycles. The Labute approximate surface area is 167 Å². The van der Waals surface area contributed by atoms with Crippen molar-refractivity contribution in [2.45, 2.75) is 13.0 Å². The van der Waals surface area contributed by atoms with Crippen molar-refractivity contribution in [3.63, 3.8) is 0 Å². The van der Waals surface area contributed by atoms with Gasteiger partial charge < -0.3 is 9.73 Å². The van der Waals surface area contributed by atoms with Crippen molar-refractivity contribution in [3.8, 4) is 0 Å². The first kappa shape index (κ1) is 16.8. The van der Waals surface area contributed by atoms with E-state index in [-0.39, 0.29) is 47.9 Å². The van der Waals surface area contributed by atoms with Gasteiger partial charge >= 0.3 is 0 Å². The van der Waals surface area contributed by atoms with E-state index in [4.69, 9.17) is 4.42 Å². The van der Waals surface area contributed by atoms with Crippen LogP contribution in [0.5, 0.6) is 0 Å². The molecule has 2 bridgehead atoms. The molecule has 3 fully saturated rings. The Balaban J connectivity index is 1.26. The van der Waals surface area contributed by atoms with Crippen LogP contribution in [0.2, 0.25) is 0 Å². The SMILES string of the molecule is O=C(NCc1ccco1)c1cccc(N2C(=O)[C@H]3[C@@H]4C=C[C@@H]([C@H]5C[C@H]45)[C@@H]3C2=O)c1. The van der Waals surface area contributed by atoms with Crippen molar-refractivity contribution in [1.82, 2.24) is 5.32 Å². The maximum Gasteiger partial charge on any atom is 0.251 e. The topological polar surface area (TPSA) is 79.6 Å². The van der Waals surface area contributed by atoms with Crippen LogP contribution in [0.15, 0.2) is 59.2 Å². The molecule has 6 nitrogen and oxygen atoms in total. The highest BCUT2D eigenvalue weighted by molar-refractivity contribution is 6.23. The van der Waals surface area contributed by atoms with E-state index in [1.54, 1.807) is 42.7 Å². The van der Waals surface area contributed by atoms with Crippen LogP contribution in [0.4, 0.5) is 5.69 Å². The van der Waals surface area contributed by atoms with E-state index in [1.165, 1.54) is 4.90 Å². The quantitative estimate of drug-likeness (QED) is 0.645. The minimum atomic E-state index is -0.275. The minimum absolute atomic E-state index is 0.113. The molecule has 29 heavy (non-hydrogen) atoms. The number of nitrogens with zero attached hydrogens (tertiary/aromatic N) is 1. The van der Waals surface area contributed by atoms with Gasteiger partial charge in [-0.15, -0.1) is 0 Å². The summed E-state index contributed by atoms with van der Waals surface area (Å²) in [5.74, 6) is 1.20.